The Morgan fingerprint density at radius 3 is 2.75 bits per heavy atom. The van der Waals surface area contributed by atoms with Crippen molar-refractivity contribution < 1.29 is 4.79 Å². The van der Waals surface area contributed by atoms with Crippen LogP contribution in [0.25, 0.3) is 0 Å². The minimum absolute atomic E-state index is 0.121. The molecule has 1 aliphatic carbocycles. The number of rotatable bonds is 1. The zero-order chi connectivity index (χ0) is 11.1. The van der Waals surface area contributed by atoms with E-state index in [9.17, 15) is 4.79 Å². The molecule has 1 aromatic carbocycles. The van der Waals surface area contributed by atoms with Crippen LogP contribution in [0.5, 0.6) is 0 Å². The van der Waals surface area contributed by atoms with Crippen molar-refractivity contribution in [2.75, 3.05) is 0 Å². The quantitative estimate of drug-likeness (QED) is 0.766. The predicted octanol–water partition coefficient (Wildman–Crippen LogP) is 2.97. The first kappa shape index (κ1) is 9.88. The molecule has 1 aromatic rings. The van der Waals surface area contributed by atoms with Crippen LogP contribution in [0.1, 0.15) is 53.2 Å². The van der Waals surface area contributed by atoms with Gasteiger partial charge in [0.25, 0.3) is 5.91 Å². The SMILES string of the molecule is Cc1cccc2c1C(C1CCCC1)NC2=O. The number of benzene rings is 1. The molecule has 0 spiro atoms. The van der Waals surface area contributed by atoms with Crippen LogP contribution in [0.15, 0.2) is 18.2 Å². The van der Waals surface area contributed by atoms with Gasteiger partial charge in [0, 0.05) is 5.56 Å². The maximum absolute atomic E-state index is 11.9. The van der Waals surface area contributed by atoms with Gasteiger partial charge in [-0.2, -0.15) is 0 Å². The number of hydrogen-bond acceptors (Lipinski definition) is 1. The van der Waals surface area contributed by atoms with Crippen LogP contribution in [-0.4, -0.2) is 5.91 Å². The molecule has 1 atom stereocenters. The van der Waals surface area contributed by atoms with E-state index < -0.39 is 0 Å². The fourth-order valence-electron chi connectivity index (χ4n) is 3.23. The summed E-state index contributed by atoms with van der Waals surface area (Å²) in [4.78, 5) is 11.9. The molecule has 1 heterocycles. The Labute approximate surface area is 96.1 Å². The standard InChI is InChI=1S/C14H17NO/c1-9-5-4-8-11-12(9)13(15-14(11)16)10-6-2-3-7-10/h4-5,8,10,13H,2-3,6-7H2,1H3,(H,15,16). The molecule has 1 saturated carbocycles. The van der Waals surface area contributed by atoms with Crippen molar-refractivity contribution in [1.82, 2.24) is 5.32 Å². The third-order valence-corrected chi connectivity index (χ3v) is 4.04. The lowest BCUT2D eigenvalue weighted by atomic mass is 9.89. The normalized spacial score (nSPS) is 24.6. The maximum atomic E-state index is 11.9. The zero-order valence-electron chi connectivity index (χ0n) is 9.62. The molecule has 1 aliphatic heterocycles. The Morgan fingerprint density at radius 1 is 1.25 bits per heavy atom. The van der Waals surface area contributed by atoms with Gasteiger partial charge in [0.1, 0.15) is 0 Å². The van der Waals surface area contributed by atoms with Crippen molar-refractivity contribution in [2.24, 2.45) is 5.92 Å². The summed E-state index contributed by atoms with van der Waals surface area (Å²) in [6.45, 7) is 2.11. The molecule has 2 nitrogen and oxygen atoms in total. The Balaban J connectivity index is 2.03. The first-order valence-electron chi connectivity index (χ1n) is 6.18. The van der Waals surface area contributed by atoms with E-state index in [0.29, 0.717) is 5.92 Å². The third-order valence-electron chi connectivity index (χ3n) is 4.04. The van der Waals surface area contributed by atoms with Crippen molar-refractivity contribution >= 4 is 5.91 Å². The average Bonchev–Trinajstić information content (AvgIpc) is 2.87. The first-order valence-corrected chi connectivity index (χ1v) is 6.18. The van der Waals surface area contributed by atoms with Crippen molar-refractivity contribution in [3.8, 4) is 0 Å². The van der Waals surface area contributed by atoms with Gasteiger partial charge in [-0.15, -0.1) is 0 Å². The molecule has 0 bridgehead atoms. The van der Waals surface area contributed by atoms with E-state index in [1.54, 1.807) is 0 Å². The molecule has 1 N–H and O–H groups in total. The largest absolute Gasteiger partial charge is 0.345 e. The lowest BCUT2D eigenvalue weighted by molar-refractivity contribution is 0.0946. The Hall–Kier alpha value is -1.31. The van der Waals surface area contributed by atoms with Crippen molar-refractivity contribution in [2.45, 2.75) is 38.6 Å². The number of carbonyl (C=O) groups is 1. The minimum atomic E-state index is 0.121. The molecule has 3 rings (SSSR count). The van der Waals surface area contributed by atoms with Crippen molar-refractivity contribution in [1.29, 1.82) is 0 Å². The van der Waals surface area contributed by atoms with Gasteiger partial charge < -0.3 is 5.32 Å². The molecule has 2 aliphatic rings. The van der Waals surface area contributed by atoms with Gasteiger partial charge in [0.15, 0.2) is 0 Å². The molecule has 84 valence electrons. The second kappa shape index (κ2) is 3.62. The van der Waals surface area contributed by atoms with Crippen LogP contribution in [0.3, 0.4) is 0 Å². The number of nitrogens with one attached hydrogen (secondary N) is 1. The zero-order valence-corrected chi connectivity index (χ0v) is 9.62. The van der Waals surface area contributed by atoms with E-state index in [2.05, 4.69) is 18.3 Å². The van der Waals surface area contributed by atoms with Gasteiger partial charge in [-0.1, -0.05) is 25.0 Å². The van der Waals surface area contributed by atoms with Gasteiger partial charge in [0.05, 0.1) is 6.04 Å². The number of amides is 1. The third kappa shape index (κ3) is 1.36. The maximum Gasteiger partial charge on any atom is 0.252 e. The highest BCUT2D eigenvalue weighted by atomic mass is 16.2. The average molecular weight is 215 g/mol. The molecule has 0 saturated heterocycles. The predicted molar refractivity (Wildman–Crippen MR) is 63.3 cm³/mol. The molecule has 2 heteroatoms. The smallest absolute Gasteiger partial charge is 0.252 e. The first-order chi connectivity index (χ1) is 7.77. The number of fused-ring (bicyclic) bond motifs is 1. The van der Waals surface area contributed by atoms with Crippen LogP contribution in [0, 0.1) is 12.8 Å². The Bertz CT molecular complexity index is 432. The highest BCUT2D eigenvalue weighted by Crippen LogP contribution is 2.40. The van der Waals surface area contributed by atoms with Crippen LogP contribution in [-0.2, 0) is 0 Å². The van der Waals surface area contributed by atoms with E-state index in [1.165, 1.54) is 36.8 Å². The van der Waals surface area contributed by atoms with E-state index in [0.717, 1.165) is 5.56 Å². The Kier molecular flexibility index (Phi) is 2.23. The second-order valence-corrected chi connectivity index (χ2v) is 5.03. The molecule has 1 amide bonds. The van der Waals surface area contributed by atoms with Crippen LogP contribution >= 0.6 is 0 Å². The van der Waals surface area contributed by atoms with Crippen LogP contribution in [0.2, 0.25) is 0 Å². The summed E-state index contributed by atoms with van der Waals surface area (Å²) >= 11 is 0. The summed E-state index contributed by atoms with van der Waals surface area (Å²) in [5.74, 6) is 0.780. The van der Waals surface area contributed by atoms with E-state index >= 15 is 0 Å². The van der Waals surface area contributed by atoms with Gasteiger partial charge in [-0.3, -0.25) is 4.79 Å². The summed E-state index contributed by atoms with van der Waals surface area (Å²) in [5.41, 5.74) is 3.42. The molecule has 0 radical (unpaired) electrons. The van der Waals surface area contributed by atoms with Gasteiger partial charge >= 0.3 is 0 Å². The molecule has 16 heavy (non-hydrogen) atoms. The van der Waals surface area contributed by atoms with Crippen molar-refractivity contribution in [3.63, 3.8) is 0 Å². The highest BCUT2D eigenvalue weighted by Gasteiger charge is 2.36. The second-order valence-electron chi connectivity index (χ2n) is 5.03. The molecule has 0 aromatic heterocycles. The summed E-state index contributed by atoms with van der Waals surface area (Å²) in [7, 11) is 0. The minimum Gasteiger partial charge on any atom is -0.345 e. The summed E-state index contributed by atoms with van der Waals surface area (Å²) in [6, 6.07) is 6.32. The molecule has 1 unspecified atom stereocenters. The lowest BCUT2D eigenvalue weighted by Crippen LogP contribution is -2.24. The lowest BCUT2D eigenvalue weighted by Gasteiger charge is -2.20. The number of aryl methyl sites for hydroxylation is 1. The molecule has 1 fully saturated rings. The fraction of sp³-hybridized carbons (Fsp3) is 0.500. The fourth-order valence-corrected chi connectivity index (χ4v) is 3.23. The van der Waals surface area contributed by atoms with Crippen molar-refractivity contribution in [3.05, 3.63) is 34.9 Å². The van der Waals surface area contributed by atoms with E-state index in [-0.39, 0.29) is 11.9 Å². The van der Waals surface area contributed by atoms with Crippen LogP contribution in [0.4, 0.5) is 0 Å². The monoisotopic (exact) mass is 215 g/mol. The number of carbonyl (C=O) groups excluding carboxylic acids is 1. The van der Waals surface area contributed by atoms with Gasteiger partial charge in [0.2, 0.25) is 0 Å². The van der Waals surface area contributed by atoms with E-state index in [1.807, 2.05) is 12.1 Å². The molecular formula is C14H17NO. The van der Waals surface area contributed by atoms with Gasteiger partial charge in [-0.05, 0) is 42.9 Å². The topological polar surface area (TPSA) is 29.1 Å². The summed E-state index contributed by atoms with van der Waals surface area (Å²) < 4.78 is 0. The van der Waals surface area contributed by atoms with E-state index in [4.69, 9.17) is 0 Å². The summed E-state index contributed by atoms with van der Waals surface area (Å²) in [5, 5.41) is 3.16. The summed E-state index contributed by atoms with van der Waals surface area (Å²) in [6.07, 6.45) is 5.16. The van der Waals surface area contributed by atoms with Gasteiger partial charge in [-0.25, -0.2) is 0 Å². The molecular weight excluding hydrogens is 198 g/mol. The highest BCUT2D eigenvalue weighted by molar-refractivity contribution is 5.99. The Morgan fingerprint density at radius 2 is 2.00 bits per heavy atom. The van der Waals surface area contributed by atoms with Crippen LogP contribution < -0.4 is 5.32 Å². The number of hydrogen-bond donors (Lipinski definition) is 1.